The predicted molar refractivity (Wildman–Crippen MR) is 118 cm³/mol. The van der Waals surface area contributed by atoms with Crippen LogP contribution in [0.25, 0.3) is 0 Å². The molecule has 0 amide bonds. The van der Waals surface area contributed by atoms with Crippen LogP contribution in [0.5, 0.6) is 0 Å². The quantitative estimate of drug-likeness (QED) is 0.509. The highest BCUT2D eigenvalue weighted by Crippen LogP contribution is 2.40. The van der Waals surface area contributed by atoms with Crippen LogP contribution in [0.4, 0.5) is 5.82 Å². The van der Waals surface area contributed by atoms with Crippen molar-refractivity contribution in [3.8, 4) is 0 Å². The maximum atomic E-state index is 4.95. The van der Waals surface area contributed by atoms with Crippen LogP contribution < -0.4 is 4.90 Å². The van der Waals surface area contributed by atoms with Crippen molar-refractivity contribution in [1.82, 2.24) is 29.6 Å². The van der Waals surface area contributed by atoms with Crippen molar-refractivity contribution in [2.45, 2.75) is 56.5 Å². The molecule has 0 radical (unpaired) electrons. The second kappa shape index (κ2) is 8.60. The molecule has 0 unspecified atom stereocenters. The average Bonchev–Trinajstić information content (AvgIpc) is 3.47. The minimum Gasteiger partial charge on any atom is -0.354 e. The minimum absolute atomic E-state index is 0.0120. The van der Waals surface area contributed by atoms with Gasteiger partial charge < -0.3 is 9.47 Å². The minimum atomic E-state index is -0.0120. The normalized spacial score (nSPS) is 18.4. The van der Waals surface area contributed by atoms with Crippen LogP contribution in [0, 0.1) is 0 Å². The molecule has 3 heterocycles. The van der Waals surface area contributed by atoms with Gasteiger partial charge in [0.25, 0.3) is 0 Å². The van der Waals surface area contributed by atoms with E-state index in [4.69, 9.17) is 9.97 Å². The number of hydrogen-bond donors (Lipinski definition) is 0. The lowest BCUT2D eigenvalue weighted by Gasteiger charge is -2.36. The highest BCUT2D eigenvalue weighted by molar-refractivity contribution is 7.99. The van der Waals surface area contributed by atoms with Gasteiger partial charge in [-0.1, -0.05) is 32.5 Å². The summed E-state index contributed by atoms with van der Waals surface area (Å²) in [6.07, 6.45) is 5.49. The van der Waals surface area contributed by atoms with E-state index in [-0.39, 0.29) is 5.41 Å². The van der Waals surface area contributed by atoms with Gasteiger partial charge in [-0.25, -0.2) is 9.97 Å². The van der Waals surface area contributed by atoms with E-state index in [0.29, 0.717) is 5.92 Å². The van der Waals surface area contributed by atoms with E-state index >= 15 is 0 Å². The Morgan fingerprint density at radius 2 is 1.86 bits per heavy atom. The zero-order valence-electron chi connectivity index (χ0n) is 18.1. The molecule has 0 bridgehead atoms. The van der Waals surface area contributed by atoms with Gasteiger partial charge in [0.1, 0.15) is 18.0 Å². The van der Waals surface area contributed by atoms with Crippen molar-refractivity contribution in [1.29, 1.82) is 0 Å². The summed E-state index contributed by atoms with van der Waals surface area (Å²) in [4.78, 5) is 14.9. The Balaban J connectivity index is 1.29. The van der Waals surface area contributed by atoms with Gasteiger partial charge in [-0.05, 0) is 25.8 Å². The average molecular weight is 416 g/mol. The molecular formula is C21H33N7S. The third-order valence-electron chi connectivity index (χ3n) is 5.61. The van der Waals surface area contributed by atoms with Crippen molar-refractivity contribution in [3.63, 3.8) is 0 Å². The van der Waals surface area contributed by atoms with Gasteiger partial charge in [0, 0.05) is 62.1 Å². The Morgan fingerprint density at radius 1 is 1.10 bits per heavy atom. The van der Waals surface area contributed by atoms with Crippen molar-refractivity contribution < 1.29 is 0 Å². The zero-order valence-corrected chi connectivity index (χ0v) is 19.0. The van der Waals surface area contributed by atoms with Crippen LogP contribution in [0.15, 0.2) is 17.6 Å². The summed E-state index contributed by atoms with van der Waals surface area (Å²) in [5.41, 5.74) is 1.24. The molecule has 0 spiro atoms. The lowest BCUT2D eigenvalue weighted by atomic mass is 9.95. The fraction of sp³-hybridized carbons (Fsp3) is 0.714. The molecule has 4 rings (SSSR count). The Bertz CT molecular complexity index is 817. The van der Waals surface area contributed by atoms with Crippen LogP contribution in [0.1, 0.15) is 57.5 Å². The summed E-state index contributed by atoms with van der Waals surface area (Å²) in [6.45, 7) is 12.1. The van der Waals surface area contributed by atoms with Gasteiger partial charge in [0.2, 0.25) is 0 Å². The molecule has 1 aliphatic heterocycles. The number of aromatic nitrogens is 5. The monoisotopic (exact) mass is 415 g/mol. The molecule has 0 atom stereocenters. The van der Waals surface area contributed by atoms with Gasteiger partial charge >= 0.3 is 0 Å². The summed E-state index contributed by atoms with van der Waals surface area (Å²) in [5, 5.41) is 9.07. The summed E-state index contributed by atoms with van der Waals surface area (Å²) in [6, 6.07) is 2.25. The van der Waals surface area contributed by atoms with Gasteiger partial charge in [0.05, 0.1) is 0 Å². The fourth-order valence-corrected chi connectivity index (χ4v) is 4.41. The Kier molecular flexibility index (Phi) is 6.11. The molecule has 29 heavy (non-hydrogen) atoms. The maximum absolute atomic E-state index is 4.95. The van der Waals surface area contributed by atoms with E-state index in [9.17, 15) is 0 Å². The third kappa shape index (κ3) is 5.28. The number of rotatable bonds is 7. The number of piperazine rings is 1. The molecule has 2 aromatic heterocycles. The van der Waals surface area contributed by atoms with E-state index in [0.717, 1.165) is 55.3 Å². The topological polar surface area (TPSA) is 63.0 Å². The first-order valence-electron chi connectivity index (χ1n) is 10.7. The maximum Gasteiger partial charge on any atom is 0.190 e. The van der Waals surface area contributed by atoms with Crippen LogP contribution in [-0.2, 0) is 12.5 Å². The molecule has 8 heteroatoms. The van der Waals surface area contributed by atoms with Crippen molar-refractivity contribution >= 4 is 17.6 Å². The molecule has 7 nitrogen and oxygen atoms in total. The lowest BCUT2D eigenvalue weighted by Crippen LogP contribution is -2.47. The molecular weight excluding hydrogens is 382 g/mol. The van der Waals surface area contributed by atoms with Crippen LogP contribution >= 0.6 is 11.8 Å². The van der Waals surface area contributed by atoms with E-state index in [1.165, 1.54) is 25.0 Å². The molecule has 0 N–H and O–H groups in total. The Labute approximate surface area is 178 Å². The highest BCUT2D eigenvalue weighted by Gasteiger charge is 2.29. The zero-order chi connectivity index (χ0) is 20.4. The van der Waals surface area contributed by atoms with Crippen LogP contribution in [0.2, 0.25) is 0 Å². The molecule has 2 fully saturated rings. The lowest BCUT2D eigenvalue weighted by molar-refractivity contribution is 0.258. The van der Waals surface area contributed by atoms with Gasteiger partial charge in [0.15, 0.2) is 5.16 Å². The largest absolute Gasteiger partial charge is 0.354 e. The standard InChI is InChI=1S/C21H33N7S/c1-21(2,3)19-23-17(16-6-7-16)14-18(24-19)28-11-9-27(10-12-28)8-5-13-29-20-25-22-15-26(20)4/h14-16H,5-13H2,1-4H3. The fourth-order valence-electron chi connectivity index (χ4n) is 3.59. The highest BCUT2D eigenvalue weighted by atomic mass is 32.2. The Hall–Kier alpha value is -1.67. The van der Waals surface area contributed by atoms with Crippen LogP contribution in [0.3, 0.4) is 0 Å². The van der Waals surface area contributed by atoms with Crippen molar-refractivity contribution in [3.05, 3.63) is 23.9 Å². The second-order valence-electron chi connectivity index (χ2n) is 9.25. The second-order valence-corrected chi connectivity index (χ2v) is 10.3. The molecule has 0 aromatic carbocycles. The summed E-state index contributed by atoms with van der Waals surface area (Å²) in [5.74, 6) is 3.85. The first-order chi connectivity index (χ1) is 13.9. The van der Waals surface area contributed by atoms with E-state index in [2.05, 4.69) is 46.8 Å². The van der Waals surface area contributed by atoms with Gasteiger partial charge in [-0.2, -0.15) is 0 Å². The smallest absolute Gasteiger partial charge is 0.190 e. The summed E-state index contributed by atoms with van der Waals surface area (Å²) < 4.78 is 1.98. The Morgan fingerprint density at radius 3 is 2.48 bits per heavy atom. The first kappa shape index (κ1) is 20.6. The molecule has 1 aliphatic carbocycles. The number of thioether (sulfide) groups is 1. The van der Waals surface area contributed by atoms with Crippen molar-refractivity contribution in [2.24, 2.45) is 7.05 Å². The predicted octanol–water partition coefficient (Wildman–Crippen LogP) is 3.08. The molecule has 1 saturated heterocycles. The van der Waals surface area contributed by atoms with Crippen LogP contribution in [-0.4, -0.2) is 68.1 Å². The molecule has 2 aromatic rings. The van der Waals surface area contributed by atoms with E-state index < -0.39 is 0 Å². The van der Waals surface area contributed by atoms with E-state index in [1.807, 2.05) is 11.6 Å². The third-order valence-corrected chi connectivity index (χ3v) is 6.74. The number of hydrogen-bond acceptors (Lipinski definition) is 7. The summed E-state index contributed by atoms with van der Waals surface area (Å²) >= 11 is 1.79. The molecule has 158 valence electrons. The summed E-state index contributed by atoms with van der Waals surface area (Å²) in [7, 11) is 1.99. The van der Waals surface area contributed by atoms with Crippen molar-refractivity contribution in [2.75, 3.05) is 43.4 Å². The first-order valence-corrected chi connectivity index (χ1v) is 11.7. The van der Waals surface area contributed by atoms with E-state index in [1.54, 1.807) is 18.1 Å². The van der Waals surface area contributed by atoms with Gasteiger partial charge in [-0.3, -0.25) is 4.90 Å². The SMILES string of the molecule is Cn1cnnc1SCCCN1CCN(c2cc(C3CC3)nc(C(C)(C)C)n2)CC1. The molecule has 1 saturated carbocycles. The number of anilines is 1. The number of aryl methyl sites for hydroxylation is 1. The number of nitrogens with zero attached hydrogens (tertiary/aromatic N) is 7. The molecule has 2 aliphatic rings. The van der Waals surface area contributed by atoms with Gasteiger partial charge in [-0.15, -0.1) is 10.2 Å².